The lowest BCUT2D eigenvalue weighted by atomic mass is 10.1. The van der Waals surface area contributed by atoms with Crippen molar-refractivity contribution in [3.05, 3.63) is 29.8 Å². The van der Waals surface area contributed by atoms with Crippen molar-refractivity contribution in [1.29, 1.82) is 5.26 Å². The molecule has 1 aromatic carbocycles. The Labute approximate surface area is 110 Å². The molecule has 2 rings (SSSR count). The summed E-state index contributed by atoms with van der Waals surface area (Å²) >= 11 is 5.55. The average molecular weight is 263 g/mol. The van der Waals surface area contributed by atoms with Gasteiger partial charge in [0.2, 0.25) is 5.88 Å². The zero-order valence-electron chi connectivity index (χ0n) is 9.81. The summed E-state index contributed by atoms with van der Waals surface area (Å²) in [6.45, 7) is 0.324. The van der Waals surface area contributed by atoms with Crippen LogP contribution in [0.3, 0.4) is 0 Å². The molecule has 0 amide bonds. The van der Waals surface area contributed by atoms with Crippen LogP contribution < -0.4 is 9.47 Å². The van der Waals surface area contributed by atoms with Gasteiger partial charge in [0.15, 0.2) is 0 Å². The van der Waals surface area contributed by atoms with E-state index in [0.717, 1.165) is 16.7 Å². The molecule has 4 nitrogen and oxygen atoms in total. The molecule has 0 unspecified atom stereocenters. The summed E-state index contributed by atoms with van der Waals surface area (Å²) in [5, 5.41) is 9.91. The summed E-state index contributed by atoms with van der Waals surface area (Å²) in [5.41, 5.74) is 1.14. The van der Waals surface area contributed by atoms with Crippen LogP contribution >= 0.6 is 11.6 Å². The Morgan fingerprint density at radius 3 is 2.89 bits per heavy atom. The first-order chi connectivity index (χ1) is 8.78. The van der Waals surface area contributed by atoms with Crippen LogP contribution in [0.25, 0.3) is 10.9 Å². The molecule has 0 saturated carbocycles. The average Bonchev–Trinajstić information content (AvgIpc) is 2.43. The van der Waals surface area contributed by atoms with Crippen LogP contribution in [0.2, 0.25) is 0 Å². The monoisotopic (exact) mass is 262 g/mol. The second-order valence-corrected chi connectivity index (χ2v) is 3.93. The minimum atomic E-state index is 0.316. The normalized spacial score (nSPS) is 10.1. The molecule has 0 aliphatic carbocycles. The van der Waals surface area contributed by atoms with Gasteiger partial charge in [-0.2, -0.15) is 5.26 Å². The van der Waals surface area contributed by atoms with E-state index in [1.54, 1.807) is 13.2 Å². The van der Waals surface area contributed by atoms with Gasteiger partial charge in [-0.05, 0) is 24.3 Å². The molecule has 18 heavy (non-hydrogen) atoms. The van der Waals surface area contributed by atoms with E-state index in [-0.39, 0.29) is 0 Å². The third-order valence-corrected chi connectivity index (χ3v) is 2.58. The topological polar surface area (TPSA) is 55.1 Å². The number of rotatable bonds is 4. The Balaban J connectivity index is 2.51. The van der Waals surface area contributed by atoms with Crippen molar-refractivity contribution >= 4 is 22.5 Å². The number of hydrogen-bond donors (Lipinski definition) is 0. The highest BCUT2D eigenvalue weighted by Gasteiger charge is 2.08. The molecule has 0 fully saturated rings. The number of hydrogen-bond acceptors (Lipinski definition) is 4. The molecule has 0 N–H and O–H groups in total. The first-order valence-electron chi connectivity index (χ1n) is 5.36. The van der Waals surface area contributed by atoms with Crippen LogP contribution in [0.5, 0.6) is 11.6 Å². The molecule has 0 saturated heterocycles. The molecular weight excluding hydrogens is 252 g/mol. The van der Waals surface area contributed by atoms with E-state index in [2.05, 4.69) is 11.1 Å². The summed E-state index contributed by atoms with van der Waals surface area (Å²) in [4.78, 5) is 4.30. The number of ether oxygens (including phenoxy) is 2. The highest BCUT2D eigenvalue weighted by molar-refractivity contribution is 6.18. The van der Waals surface area contributed by atoms with Crippen LogP contribution in [0, 0.1) is 11.3 Å². The highest BCUT2D eigenvalue weighted by atomic mass is 35.5. The smallest absolute Gasteiger partial charge is 0.232 e. The minimum Gasteiger partial charge on any atom is -0.497 e. The molecule has 0 aliphatic heterocycles. The lowest BCUT2D eigenvalue weighted by molar-refractivity contribution is 0.329. The largest absolute Gasteiger partial charge is 0.497 e. The Morgan fingerprint density at radius 1 is 1.39 bits per heavy atom. The Hall–Kier alpha value is -1.99. The third kappa shape index (κ3) is 2.47. The van der Waals surface area contributed by atoms with Gasteiger partial charge in [0.1, 0.15) is 24.0 Å². The van der Waals surface area contributed by atoms with E-state index in [0.29, 0.717) is 23.9 Å². The Bertz CT molecular complexity index is 608. The molecule has 1 heterocycles. The Kier molecular flexibility index (Phi) is 3.85. The molecule has 92 valence electrons. The lowest BCUT2D eigenvalue weighted by Gasteiger charge is -2.07. The number of fused-ring (bicyclic) bond motifs is 1. The molecule has 2 aromatic rings. The third-order valence-electron chi connectivity index (χ3n) is 2.42. The van der Waals surface area contributed by atoms with Gasteiger partial charge in [-0.1, -0.05) is 0 Å². The van der Waals surface area contributed by atoms with Gasteiger partial charge in [-0.15, -0.1) is 11.6 Å². The van der Waals surface area contributed by atoms with Crippen LogP contribution in [-0.4, -0.2) is 24.6 Å². The fourth-order valence-corrected chi connectivity index (χ4v) is 1.67. The maximum atomic E-state index is 9.07. The van der Waals surface area contributed by atoms with Gasteiger partial charge in [-0.3, -0.25) is 0 Å². The number of pyridine rings is 1. The van der Waals surface area contributed by atoms with E-state index >= 15 is 0 Å². The van der Waals surface area contributed by atoms with Crippen molar-refractivity contribution in [2.24, 2.45) is 0 Å². The Morgan fingerprint density at radius 2 is 2.22 bits per heavy atom. The predicted octanol–water partition coefficient (Wildman–Crippen LogP) is 2.73. The summed E-state index contributed by atoms with van der Waals surface area (Å²) in [5.74, 6) is 1.39. The number of methoxy groups -OCH3 is 1. The standard InChI is InChI=1S/C13H11ClN2O2/c1-17-11-2-3-12-9(7-11)6-10(8-15)13(16-12)18-5-4-14/h2-3,6-7H,4-5H2,1H3. The fraction of sp³-hybridized carbons (Fsp3) is 0.231. The zero-order chi connectivity index (χ0) is 13.0. The highest BCUT2D eigenvalue weighted by Crippen LogP contribution is 2.25. The molecule has 0 radical (unpaired) electrons. The van der Waals surface area contributed by atoms with Gasteiger partial charge in [0.25, 0.3) is 0 Å². The first kappa shape index (κ1) is 12.5. The summed E-state index contributed by atoms with van der Waals surface area (Å²) in [7, 11) is 1.59. The van der Waals surface area contributed by atoms with Gasteiger partial charge in [0.05, 0.1) is 18.5 Å². The number of benzene rings is 1. The van der Waals surface area contributed by atoms with E-state index < -0.39 is 0 Å². The predicted molar refractivity (Wildman–Crippen MR) is 69.2 cm³/mol. The molecule has 5 heteroatoms. The van der Waals surface area contributed by atoms with E-state index in [1.165, 1.54) is 0 Å². The van der Waals surface area contributed by atoms with E-state index in [4.69, 9.17) is 26.3 Å². The second-order valence-electron chi connectivity index (χ2n) is 3.55. The molecule has 0 aliphatic rings. The molecular formula is C13H11ClN2O2. The summed E-state index contributed by atoms with van der Waals surface area (Å²) in [6, 6.07) is 9.26. The number of nitriles is 1. The van der Waals surface area contributed by atoms with Gasteiger partial charge in [-0.25, -0.2) is 4.98 Å². The van der Waals surface area contributed by atoms with Crippen molar-refractivity contribution in [1.82, 2.24) is 4.98 Å². The summed E-state index contributed by atoms with van der Waals surface area (Å²) < 4.78 is 10.5. The maximum absolute atomic E-state index is 9.07. The van der Waals surface area contributed by atoms with Gasteiger partial charge < -0.3 is 9.47 Å². The van der Waals surface area contributed by atoms with E-state index in [1.807, 2.05) is 18.2 Å². The van der Waals surface area contributed by atoms with Crippen molar-refractivity contribution in [2.45, 2.75) is 0 Å². The molecule has 0 bridgehead atoms. The van der Waals surface area contributed by atoms with E-state index in [9.17, 15) is 0 Å². The quantitative estimate of drug-likeness (QED) is 0.795. The second kappa shape index (κ2) is 5.56. The molecule has 0 atom stereocenters. The van der Waals surface area contributed by atoms with Crippen LogP contribution in [0.15, 0.2) is 24.3 Å². The van der Waals surface area contributed by atoms with Crippen molar-refractivity contribution in [2.75, 3.05) is 19.6 Å². The van der Waals surface area contributed by atoms with Crippen molar-refractivity contribution < 1.29 is 9.47 Å². The number of aromatic nitrogens is 1. The fourth-order valence-electron chi connectivity index (χ4n) is 1.59. The SMILES string of the molecule is COc1ccc2nc(OCCCl)c(C#N)cc2c1. The molecule has 1 aromatic heterocycles. The van der Waals surface area contributed by atoms with Gasteiger partial charge >= 0.3 is 0 Å². The van der Waals surface area contributed by atoms with Crippen molar-refractivity contribution in [3.63, 3.8) is 0 Å². The number of nitrogens with zero attached hydrogens (tertiary/aromatic N) is 2. The number of alkyl halides is 1. The molecule has 0 spiro atoms. The lowest BCUT2D eigenvalue weighted by Crippen LogP contribution is -2.02. The number of halogens is 1. The first-order valence-corrected chi connectivity index (χ1v) is 5.89. The maximum Gasteiger partial charge on any atom is 0.232 e. The van der Waals surface area contributed by atoms with Crippen LogP contribution in [-0.2, 0) is 0 Å². The van der Waals surface area contributed by atoms with Crippen molar-refractivity contribution in [3.8, 4) is 17.7 Å². The van der Waals surface area contributed by atoms with Gasteiger partial charge in [0, 0.05) is 5.39 Å². The minimum absolute atomic E-state index is 0.316. The van der Waals surface area contributed by atoms with Crippen LogP contribution in [0.1, 0.15) is 5.56 Å². The van der Waals surface area contributed by atoms with Crippen LogP contribution in [0.4, 0.5) is 0 Å². The zero-order valence-corrected chi connectivity index (χ0v) is 10.6. The summed E-state index contributed by atoms with van der Waals surface area (Å²) in [6.07, 6.45) is 0.